The maximum Gasteiger partial charge on any atom is 0.306 e. The number of carbonyl (C=O) groups is 2. The summed E-state index contributed by atoms with van der Waals surface area (Å²) in [4.78, 5) is 25.5. The van der Waals surface area contributed by atoms with Crippen molar-refractivity contribution in [2.24, 2.45) is 0 Å². The van der Waals surface area contributed by atoms with Gasteiger partial charge in [0.25, 0.3) is 0 Å². The maximum atomic E-state index is 12.8. The lowest BCUT2D eigenvalue weighted by Gasteiger charge is -2.18. The Balaban J connectivity index is 4.23. The minimum atomic E-state index is -0.536. The van der Waals surface area contributed by atoms with Crippen molar-refractivity contribution < 1.29 is 23.8 Å². The standard InChI is InChI=1S/C59H112O5/c1-4-7-10-13-16-19-22-25-28-30-32-34-37-40-43-46-49-52-58(60)63-56-57(55-62-54-51-48-45-42-39-36-33-29-26-23-20-17-14-11-8-5-2)64-59(61)53-50-47-44-41-38-35-31-27-24-21-18-15-12-9-6-3/h18,21,27,31,57H,4-17,19-20,22-26,28-30,32-56H2,1-3H3/b21-18-,31-27-. The van der Waals surface area contributed by atoms with Gasteiger partial charge in [0.15, 0.2) is 6.10 Å². The molecule has 0 fully saturated rings. The molecule has 5 nitrogen and oxygen atoms in total. The first kappa shape index (κ1) is 62.4. The van der Waals surface area contributed by atoms with Gasteiger partial charge in [-0.3, -0.25) is 9.59 Å². The lowest BCUT2D eigenvalue weighted by molar-refractivity contribution is -0.163. The quantitative estimate of drug-likeness (QED) is 0.0346. The van der Waals surface area contributed by atoms with Gasteiger partial charge < -0.3 is 14.2 Å². The first-order valence-electron chi connectivity index (χ1n) is 28.9. The van der Waals surface area contributed by atoms with Gasteiger partial charge >= 0.3 is 11.9 Å². The Labute approximate surface area is 400 Å². The molecule has 0 bridgehead atoms. The summed E-state index contributed by atoms with van der Waals surface area (Å²) in [6, 6.07) is 0. The van der Waals surface area contributed by atoms with E-state index in [0.717, 1.165) is 51.4 Å². The van der Waals surface area contributed by atoms with E-state index < -0.39 is 6.10 Å². The molecule has 0 saturated heterocycles. The average Bonchev–Trinajstić information content (AvgIpc) is 3.30. The number of rotatable bonds is 54. The Bertz CT molecular complexity index is 974. The second kappa shape index (κ2) is 55.7. The van der Waals surface area contributed by atoms with Crippen LogP contribution in [0.5, 0.6) is 0 Å². The summed E-state index contributed by atoms with van der Waals surface area (Å²) < 4.78 is 17.5. The van der Waals surface area contributed by atoms with E-state index in [0.29, 0.717) is 26.1 Å². The molecule has 0 aliphatic rings. The van der Waals surface area contributed by atoms with Crippen LogP contribution < -0.4 is 0 Å². The van der Waals surface area contributed by atoms with Gasteiger partial charge in [-0.25, -0.2) is 0 Å². The summed E-state index contributed by atoms with van der Waals surface area (Å²) in [5.74, 6) is -0.389. The van der Waals surface area contributed by atoms with Gasteiger partial charge in [0.1, 0.15) is 6.61 Å². The number of hydrogen-bond acceptors (Lipinski definition) is 5. The largest absolute Gasteiger partial charge is 0.462 e. The summed E-state index contributed by atoms with van der Waals surface area (Å²) in [7, 11) is 0. The topological polar surface area (TPSA) is 61.8 Å². The lowest BCUT2D eigenvalue weighted by atomic mass is 10.0. The molecular formula is C59H112O5. The molecule has 1 unspecified atom stereocenters. The zero-order valence-corrected chi connectivity index (χ0v) is 43.6. The molecule has 0 amide bonds. The van der Waals surface area contributed by atoms with Crippen LogP contribution in [0.2, 0.25) is 0 Å². The van der Waals surface area contributed by atoms with Crippen LogP contribution in [0.4, 0.5) is 0 Å². The zero-order valence-electron chi connectivity index (χ0n) is 43.6. The first-order valence-corrected chi connectivity index (χ1v) is 28.9. The Morgan fingerprint density at radius 3 is 1.06 bits per heavy atom. The van der Waals surface area contributed by atoms with Crippen molar-refractivity contribution in [1.29, 1.82) is 0 Å². The molecule has 0 rings (SSSR count). The molecule has 0 aliphatic heterocycles. The van der Waals surface area contributed by atoms with E-state index in [1.165, 1.54) is 231 Å². The van der Waals surface area contributed by atoms with Gasteiger partial charge in [-0.1, -0.05) is 276 Å². The number of unbranched alkanes of at least 4 members (excludes halogenated alkanes) is 39. The molecule has 1 atom stereocenters. The van der Waals surface area contributed by atoms with Crippen LogP contribution >= 0.6 is 0 Å². The van der Waals surface area contributed by atoms with E-state index in [1.807, 2.05) is 0 Å². The van der Waals surface area contributed by atoms with Gasteiger partial charge in [-0.2, -0.15) is 0 Å². The van der Waals surface area contributed by atoms with E-state index >= 15 is 0 Å². The van der Waals surface area contributed by atoms with E-state index in [2.05, 4.69) is 45.1 Å². The van der Waals surface area contributed by atoms with Crippen molar-refractivity contribution in [2.45, 2.75) is 322 Å². The lowest BCUT2D eigenvalue weighted by Crippen LogP contribution is -2.30. The second-order valence-electron chi connectivity index (χ2n) is 19.6. The van der Waals surface area contributed by atoms with Crippen LogP contribution in [0.3, 0.4) is 0 Å². The number of hydrogen-bond donors (Lipinski definition) is 0. The number of ether oxygens (including phenoxy) is 3. The van der Waals surface area contributed by atoms with Crippen molar-refractivity contribution >= 4 is 11.9 Å². The molecule has 0 heterocycles. The zero-order chi connectivity index (χ0) is 46.3. The highest BCUT2D eigenvalue weighted by atomic mass is 16.6. The van der Waals surface area contributed by atoms with Crippen LogP contribution in [0.1, 0.15) is 316 Å². The molecule has 0 aromatic rings. The van der Waals surface area contributed by atoms with Crippen LogP contribution in [-0.4, -0.2) is 37.9 Å². The van der Waals surface area contributed by atoms with Gasteiger partial charge in [-0.15, -0.1) is 0 Å². The summed E-state index contributed by atoms with van der Waals surface area (Å²) >= 11 is 0. The molecule has 0 spiro atoms. The second-order valence-corrected chi connectivity index (χ2v) is 19.6. The van der Waals surface area contributed by atoms with Gasteiger partial charge in [-0.05, 0) is 51.4 Å². The fraction of sp³-hybridized carbons (Fsp3) is 0.898. The van der Waals surface area contributed by atoms with E-state index in [4.69, 9.17) is 14.2 Å². The Morgan fingerprint density at radius 1 is 0.344 bits per heavy atom. The van der Waals surface area contributed by atoms with Crippen LogP contribution in [0.25, 0.3) is 0 Å². The maximum absolute atomic E-state index is 12.8. The number of esters is 2. The van der Waals surface area contributed by atoms with Gasteiger partial charge in [0, 0.05) is 19.4 Å². The highest BCUT2D eigenvalue weighted by molar-refractivity contribution is 5.70. The fourth-order valence-electron chi connectivity index (χ4n) is 8.66. The highest BCUT2D eigenvalue weighted by Crippen LogP contribution is 2.17. The third kappa shape index (κ3) is 53.0. The number of allylic oxidation sites excluding steroid dienone is 4. The van der Waals surface area contributed by atoms with Gasteiger partial charge in [0.2, 0.25) is 0 Å². The summed E-state index contributed by atoms with van der Waals surface area (Å²) in [5, 5.41) is 0. The van der Waals surface area contributed by atoms with Gasteiger partial charge in [0.05, 0.1) is 6.61 Å². The van der Waals surface area contributed by atoms with E-state index in [-0.39, 0.29) is 18.5 Å². The number of carbonyl (C=O) groups excluding carboxylic acids is 2. The van der Waals surface area contributed by atoms with E-state index in [9.17, 15) is 9.59 Å². The third-order valence-electron chi connectivity index (χ3n) is 13.0. The van der Waals surface area contributed by atoms with Crippen molar-refractivity contribution in [2.75, 3.05) is 19.8 Å². The Kier molecular flexibility index (Phi) is 54.3. The molecule has 0 aliphatic carbocycles. The van der Waals surface area contributed by atoms with Crippen LogP contribution in [-0.2, 0) is 23.8 Å². The average molecular weight is 902 g/mol. The smallest absolute Gasteiger partial charge is 0.306 e. The van der Waals surface area contributed by atoms with Crippen LogP contribution in [0, 0.1) is 0 Å². The minimum absolute atomic E-state index is 0.0880. The predicted molar refractivity (Wildman–Crippen MR) is 279 cm³/mol. The molecule has 5 heteroatoms. The first-order chi connectivity index (χ1) is 31.6. The summed E-state index contributed by atoms with van der Waals surface area (Å²) in [5.41, 5.74) is 0. The normalized spacial score (nSPS) is 12.2. The molecule has 0 N–H and O–H groups in total. The summed E-state index contributed by atoms with van der Waals surface area (Å²) in [6.07, 6.45) is 66.2. The Morgan fingerprint density at radius 2 is 0.656 bits per heavy atom. The SMILES string of the molecule is CCCCC/C=C\C/C=C\CCCCCCCC(=O)OC(COCCCCCCCCCCCCCCCCCC)COC(=O)CCCCCCCCCCCCCCCCCCC. The van der Waals surface area contributed by atoms with E-state index in [1.54, 1.807) is 0 Å². The fourth-order valence-corrected chi connectivity index (χ4v) is 8.66. The highest BCUT2D eigenvalue weighted by Gasteiger charge is 2.17. The molecule has 0 aromatic heterocycles. The summed E-state index contributed by atoms with van der Waals surface area (Å²) in [6.45, 7) is 7.86. The Hall–Kier alpha value is -1.62. The van der Waals surface area contributed by atoms with Crippen LogP contribution in [0.15, 0.2) is 24.3 Å². The third-order valence-corrected chi connectivity index (χ3v) is 13.0. The molecular weight excluding hydrogens is 789 g/mol. The van der Waals surface area contributed by atoms with Crippen molar-refractivity contribution in [3.05, 3.63) is 24.3 Å². The molecule has 64 heavy (non-hydrogen) atoms. The minimum Gasteiger partial charge on any atom is -0.462 e. The van der Waals surface area contributed by atoms with Crippen molar-refractivity contribution in [3.8, 4) is 0 Å². The molecule has 0 radical (unpaired) electrons. The predicted octanol–water partition coefficient (Wildman–Crippen LogP) is 19.6. The molecule has 0 aromatic carbocycles. The molecule has 0 saturated carbocycles. The van der Waals surface area contributed by atoms with Crippen molar-refractivity contribution in [3.63, 3.8) is 0 Å². The van der Waals surface area contributed by atoms with Crippen molar-refractivity contribution in [1.82, 2.24) is 0 Å². The monoisotopic (exact) mass is 901 g/mol. The molecule has 378 valence electrons.